The second kappa shape index (κ2) is 6.99. The topological polar surface area (TPSA) is 49.3 Å². The largest absolute Gasteiger partial charge is 0.478 e. The van der Waals surface area contributed by atoms with E-state index in [4.69, 9.17) is 5.11 Å². The lowest BCUT2D eigenvalue weighted by Crippen LogP contribution is -2.05. The molecule has 0 unspecified atom stereocenters. The van der Waals surface area contributed by atoms with Crippen molar-refractivity contribution in [1.82, 2.24) is 0 Å². The van der Waals surface area contributed by atoms with Gasteiger partial charge in [-0.15, -0.1) is 0 Å². The van der Waals surface area contributed by atoms with Crippen LogP contribution in [0.2, 0.25) is 0 Å². The summed E-state index contributed by atoms with van der Waals surface area (Å²) in [5.74, 6) is -1.23. The summed E-state index contributed by atoms with van der Waals surface area (Å²) in [5, 5.41) is 11.8. The predicted octanol–water partition coefficient (Wildman–Crippen LogP) is 3.76. The average molecular weight is 253 g/mol. The van der Waals surface area contributed by atoms with Crippen LogP contribution in [0.3, 0.4) is 0 Å². The van der Waals surface area contributed by atoms with Gasteiger partial charge in [-0.3, -0.25) is 0 Å². The minimum Gasteiger partial charge on any atom is -0.478 e. The molecule has 0 radical (unpaired) electrons. The fourth-order valence-electron chi connectivity index (χ4n) is 1.71. The van der Waals surface area contributed by atoms with E-state index in [0.29, 0.717) is 11.6 Å². The second-order valence-corrected chi connectivity index (χ2v) is 4.82. The van der Waals surface area contributed by atoms with Crippen LogP contribution in [0.5, 0.6) is 0 Å². The molecule has 2 N–H and O–H groups in total. The Kier molecular flexibility index (Phi) is 5.62. The molecule has 0 aliphatic rings. The first-order valence-electron chi connectivity index (χ1n) is 6.27. The van der Waals surface area contributed by atoms with Gasteiger partial charge >= 0.3 is 5.97 Å². The molecule has 0 aliphatic carbocycles. The van der Waals surface area contributed by atoms with Gasteiger partial charge in [0.05, 0.1) is 5.56 Å². The summed E-state index contributed by atoms with van der Waals surface area (Å²) >= 11 is 0. The Hall–Kier alpha value is -1.58. The van der Waals surface area contributed by atoms with Gasteiger partial charge in [-0.1, -0.05) is 26.7 Å². The molecule has 0 saturated carbocycles. The number of halogens is 1. The standard InChI is InChI=1S/C14H20FNO2/c1-10(2)5-3-4-8-16-11-6-7-12(14(17)18)13(15)9-11/h6-7,9-10,16H,3-5,8H2,1-2H3,(H,17,18). The van der Waals surface area contributed by atoms with Crippen molar-refractivity contribution in [1.29, 1.82) is 0 Å². The fourth-order valence-corrected chi connectivity index (χ4v) is 1.71. The number of hydrogen-bond donors (Lipinski definition) is 2. The molecule has 0 spiro atoms. The molecule has 4 heteroatoms. The smallest absolute Gasteiger partial charge is 0.338 e. The normalized spacial score (nSPS) is 10.7. The number of carboxylic acid groups (broad SMARTS) is 1. The molecule has 0 saturated heterocycles. The van der Waals surface area contributed by atoms with E-state index in [0.717, 1.165) is 19.4 Å². The van der Waals surface area contributed by atoms with E-state index >= 15 is 0 Å². The highest BCUT2D eigenvalue weighted by atomic mass is 19.1. The molecule has 0 aliphatic heterocycles. The number of benzene rings is 1. The third-order valence-electron chi connectivity index (χ3n) is 2.74. The molecule has 0 aromatic heterocycles. The third-order valence-corrected chi connectivity index (χ3v) is 2.74. The summed E-state index contributed by atoms with van der Waals surface area (Å²) in [7, 11) is 0. The molecule has 100 valence electrons. The first-order chi connectivity index (χ1) is 8.50. The number of aromatic carboxylic acids is 1. The number of hydrogen-bond acceptors (Lipinski definition) is 2. The van der Waals surface area contributed by atoms with Crippen LogP contribution in [0.15, 0.2) is 18.2 Å². The SMILES string of the molecule is CC(C)CCCCNc1ccc(C(=O)O)c(F)c1. The highest BCUT2D eigenvalue weighted by Gasteiger charge is 2.09. The number of rotatable bonds is 7. The molecule has 1 aromatic rings. The van der Waals surface area contributed by atoms with Crippen molar-refractivity contribution in [3.8, 4) is 0 Å². The zero-order chi connectivity index (χ0) is 13.5. The zero-order valence-electron chi connectivity index (χ0n) is 10.9. The lowest BCUT2D eigenvalue weighted by molar-refractivity contribution is 0.0692. The van der Waals surface area contributed by atoms with Crippen LogP contribution in [-0.2, 0) is 0 Å². The lowest BCUT2D eigenvalue weighted by atomic mass is 10.1. The van der Waals surface area contributed by atoms with Gasteiger partial charge in [-0.25, -0.2) is 9.18 Å². The van der Waals surface area contributed by atoms with Gasteiger partial charge in [0, 0.05) is 12.2 Å². The van der Waals surface area contributed by atoms with Gasteiger partial charge in [0.15, 0.2) is 0 Å². The third kappa shape index (κ3) is 4.73. The average Bonchev–Trinajstić information content (AvgIpc) is 2.27. The van der Waals surface area contributed by atoms with Crippen LogP contribution in [0.25, 0.3) is 0 Å². The van der Waals surface area contributed by atoms with E-state index in [-0.39, 0.29) is 5.56 Å². The predicted molar refractivity (Wildman–Crippen MR) is 70.5 cm³/mol. The summed E-state index contributed by atoms with van der Waals surface area (Å²) in [6.07, 6.45) is 3.36. The van der Waals surface area contributed by atoms with Crippen molar-refractivity contribution < 1.29 is 14.3 Å². The van der Waals surface area contributed by atoms with E-state index in [1.54, 1.807) is 6.07 Å². The monoisotopic (exact) mass is 253 g/mol. The molecule has 0 fully saturated rings. The van der Waals surface area contributed by atoms with Gasteiger partial charge in [0.25, 0.3) is 0 Å². The number of carbonyl (C=O) groups is 1. The maximum Gasteiger partial charge on any atom is 0.338 e. The van der Waals surface area contributed by atoms with Crippen LogP contribution in [-0.4, -0.2) is 17.6 Å². The Labute approximate surface area is 107 Å². The van der Waals surface area contributed by atoms with Gasteiger partial charge in [0.1, 0.15) is 5.82 Å². The summed E-state index contributed by atoms with van der Waals surface area (Å²) in [4.78, 5) is 10.6. The first kappa shape index (κ1) is 14.5. The summed E-state index contributed by atoms with van der Waals surface area (Å²) in [6.45, 7) is 5.15. The van der Waals surface area contributed by atoms with Crippen LogP contribution in [0.4, 0.5) is 10.1 Å². The molecule has 0 heterocycles. The number of carboxylic acids is 1. The first-order valence-corrected chi connectivity index (χ1v) is 6.27. The number of nitrogens with one attached hydrogen (secondary N) is 1. The van der Waals surface area contributed by atoms with Crippen LogP contribution >= 0.6 is 0 Å². The molecule has 0 atom stereocenters. The van der Waals surface area contributed by atoms with Crippen molar-refractivity contribution in [3.63, 3.8) is 0 Å². The van der Waals surface area contributed by atoms with Gasteiger partial charge in [-0.2, -0.15) is 0 Å². The Balaban J connectivity index is 2.39. The number of anilines is 1. The van der Waals surface area contributed by atoms with Crippen molar-refractivity contribution in [2.24, 2.45) is 5.92 Å². The van der Waals surface area contributed by atoms with E-state index < -0.39 is 11.8 Å². The van der Waals surface area contributed by atoms with Crippen molar-refractivity contribution >= 4 is 11.7 Å². The molecule has 3 nitrogen and oxygen atoms in total. The second-order valence-electron chi connectivity index (χ2n) is 4.82. The van der Waals surface area contributed by atoms with Gasteiger partial charge < -0.3 is 10.4 Å². The summed E-state index contributed by atoms with van der Waals surface area (Å²) in [5.41, 5.74) is 0.336. The van der Waals surface area contributed by atoms with Crippen molar-refractivity contribution in [2.45, 2.75) is 33.1 Å². The van der Waals surface area contributed by atoms with E-state index in [1.165, 1.54) is 18.6 Å². The molecule has 1 aromatic carbocycles. The maximum atomic E-state index is 13.4. The quantitative estimate of drug-likeness (QED) is 0.727. The Morgan fingerprint density at radius 2 is 2.11 bits per heavy atom. The Morgan fingerprint density at radius 1 is 1.39 bits per heavy atom. The molecule has 1 rings (SSSR count). The highest BCUT2D eigenvalue weighted by Crippen LogP contribution is 2.15. The highest BCUT2D eigenvalue weighted by molar-refractivity contribution is 5.88. The summed E-state index contributed by atoms with van der Waals surface area (Å²) < 4.78 is 13.4. The zero-order valence-corrected chi connectivity index (χ0v) is 10.9. The van der Waals surface area contributed by atoms with Crippen LogP contribution in [0.1, 0.15) is 43.5 Å². The molecule has 0 bridgehead atoms. The lowest BCUT2D eigenvalue weighted by Gasteiger charge is -2.08. The Bertz CT molecular complexity index is 405. The number of unbranched alkanes of at least 4 members (excludes halogenated alkanes) is 1. The molecule has 18 heavy (non-hydrogen) atoms. The minimum absolute atomic E-state index is 0.291. The van der Waals surface area contributed by atoms with Crippen LogP contribution in [0, 0.1) is 11.7 Å². The molecular formula is C14H20FNO2. The Morgan fingerprint density at radius 3 is 2.67 bits per heavy atom. The van der Waals surface area contributed by atoms with E-state index in [1.807, 2.05) is 0 Å². The van der Waals surface area contributed by atoms with E-state index in [9.17, 15) is 9.18 Å². The maximum absolute atomic E-state index is 13.4. The van der Waals surface area contributed by atoms with Crippen molar-refractivity contribution in [2.75, 3.05) is 11.9 Å². The molecular weight excluding hydrogens is 233 g/mol. The van der Waals surface area contributed by atoms with Gasteiger partial charge in [0.2, 0.25) is 0 Å². The summed E-state index contributed by atoms with van der Waals surface area (Å²) in [6, 6.07) is 4.11. The van der Waals surface area contributed by atoms with Crippen LogP contribution < -0.4 is 5.32 Å². The van der Waals surface area contributed by atoms with Crippen molar-refractivity contribution in [3.05, 3.63) is 29.6 Å². The fraction of sp³-hybridized carbons (Fsp3) is 0.500. The van der Waals surface area contributed by atoms with Gasteiger partial charge in [-0.05, 0) is 30.5 Å². The minimum atomic E-state index is -1.24. The molecule has 0 amide bonds. The van der Waals surface area contributed by atoms with E-state index in [2.05, 4.69) is 19.2 Å².